The van der Waals surface area contributed by atoms with Crippen molar-refractivity contribution in [1.29, 1.82) is 0 Å². The maximum Gasteiger partial charge on any atom is 0.127 e. The quantitative estimate of drug-likeness (QED) is 0.817. The zero-order chi connectivity index (χ0) is 14.4. The molecule has 108 valence electrons. The van der Waals surface area contributed by atoms with Crippen LogP contribution in [0.15, 0.2) is 12.3 Å². The molecule has 1 unspecified atom stereocenters. The van der Waals surface area contributed by atoms with Crippen LogP contribution in [0.5, 0.6) is 5.75 Å². The Morgan fingerprint density at radius 2 is 1.89 bits per heavy atom. The van der Waals surface area contributed by atoms with E-state index in [1.807, 2.05) is 19.2 Å². The second kappa shape index (κ2) is 7.49. The first-order valence-corrected chi connectivity index (χ1v) is 7.23. The van der Waals surface area contributed by atoms with Gasteiger partial charge in [0.2, 0.25) is 0 Å². The minimum absolute atomic E-state index is 0.214. The maximum absolute atomic E-state index is 6.07. The molecule has 0 spiro atoms. The first-order valence-electron chi connectivity index (χ1n) is 7.23. The summed E-state index contributed by atoms with van der Waals surface area (Å²) in [5.41, 5.74) is 2.14. The van der Waals surface area contributed by atoms with Gasteiger partial charge in [-0.2, -0.15) is 0 Å². The van der Waals surface area contributed by atoms with Crippen molar-refractivity contribution in [3.63, 3.8) is 0 Å². The van der Waals surface area contributed by atoms with Gasteiger partial charge < -0.3 is 10.1 Å². The van der Waals surface area contributed by atoms with E-state index in [-0.39, 0.29) is 6.10 Å². The van der Waals surface area contributed by atoms with Gasteiger partial charge in [-0.15, -0.1) is 0 Å². The molecule has 1 rings (SSSR count). The molecule has 0 aromatic carbocycles. The Balaban J connectivity index is 2.73. The van der Waals surface area contributed by atoms with Gasteiger partial charge in [0.05, 0.1) is 6.10 Å². The van der Waals surface area contributed by atoms with Crippen molar-refractivity contribution >= 4 is 0 Å². The number of nitrogens with zero attached hydrogens (tertiary/aromatic N) is 1. The van der Waals surface area contributed by atoms with E-state index >= 15 is 0 Å². The Labute approximate surface area is 117 Å². The molecule has 1 atom stereocenters. The molecule has 19 heavy (non-hydrogen) atoms. The molecule has 1 N–H and O–H groups in total. The fourth-order valence-corrected chi connectivity index (χ4v) is 1.64. The van der Waals surface area contributed by atoms with Crippen molar-refractivity contribution < 1.29 is 4.74 Å². The minimum Gasteiger partial charge on any atom is -0.490 e. The molecule has 0 aliphatic rings. The number of aromatic nitrogens is 1. The van der Waals surface area contributed by atoms with Gasteiger partial charge in [0.25, 0.3) is 0 Å². The van der Waals surface area contributed by atoms with E-state index in [4.69, 9.17) is 4.74 Å². The average Bonchev–Trinajstić information content (AvgIpc) is 2.31. The predicted octanol–water partition coefficient (Wildman–Crippen LogP) is 3.56. The van der Waals surface area contributed by atoms with Crippen LogP contribution in [0.4, 0.5) is 0 Å². The smallest absolute Gasteiger partial charge is 0.127 e. The first kappa shape index (κ1) is 16.0. The topological polar surface area (TPSA) is 34.1 Å². The highest BCUT2D eigenvalue weighted by molar-refractivity contribution is 5.33. The fourth-order valence-electron chi connectivity index (χ4n) is 1.64. The summed E-state index contributed by atoms with van der Waals surface area (Å²) in [4.78, 5) is 4.37. The van der Waals surface area contributed by atoms with Crippen LogP contribution in [0.1, 0.15) is 45.9 Å². The lowest BCUT2D eigenvalue weighted by atomic mass is 10.1. The molecule has 0 aliphatic heterocycles. The Hall–Kier alpha value is -1.09. The molecule has 0 fully saturated rings. The van der Waals surface area contributed by atoms with Crippen LogP contribution >= 0.6 is 0 Å². The molecule has 0 amide bonds. The van der Waals surface area contributed by atoms with Crippen LogP contribution in [0.25, 0.3) is 0 Å². The number of pyridine rings is 1. The maximum atomic E-state index is 6.07. The zero-order valence-corrected chi connectivity index (χ0v) is 13.2. The molecule has 1 heterocycles. The third-order valence-corrected chi connectivity index (χ3v) is 3.20. The summed E-state index contributed by atoms with van der Waals surface area (Å²) in [6.45, 7) is 14.7. The van der Waals surface area contributed by atoms with Crippen molar-refractivity contribution in [2.24, 2.45) is 11.8 Å². The van der Waals surface area contributed by atoms with Crippen LogP contribution in [0, 0.1) is 18.8 Å². The summed E-state index contributed by atoms with van der Waals surface area (Å²) in [7, 11) is 0. The third-order valence-electron chi connectivity index (χ3n) is 3.20. The molecule has 0 bridgehead atoms. The van der Waals surface area contributed by atoms with E-state index < -0.39 is 0 Å². The second-order valence-corrected chi connectivity index (χ2v) is 6.03. The monoisotopic (exact) mass is 264 g/mol. The highest BCUT2D eigenvalue weighted by Gasteiger charge is 2.12. The Morgan fingerprint density at radius 1 is 1.21 bits per heavy atom. The van der Waals surface area contributed by atoms with Gasteiger partial charge in [0.15, 0.2) is 0 Å². The summed E-state index contributed by atoms with van der Waals surface area (Å²) >= 11 is 0. The van der Waals surface area contributed by atoms with Gasteiger partial charge in [-0.05, 0) is 32.2 Å². The van der Waals surface area contributed by atoms with Crippen LogP contribution in [0.2, 0.25) is 0 Å². The molecule has 0 radical (unpaired) electrons. The van der Waals surface area contributed by atoms with E-state index in [1.54, 1.807) is 0 Å². The summed E-state index contributed by atoms with van der Waals surface area (Å²) in [5.74, 6) is 2.12. The predicted molar refractivity (Wildman–Crippen MR) is 80.4 cm³/mol. The highest BCUT2D eigenvalue weighted by Crippen LogP contribution is 2.22. The van der Waals surface area contributed by atoms with E-state index in [0.717, 1.165) is 30.1 Å². The highest BCUT2D eigenvalue weighted by atomic mass is 16.5. The first-order chi connectivity index (χ1) is 8.90. The Morgan fingerprint density at radius 3 is 2.47 bits per heavy atom. The standard InChI is InChI=1S/C16H28N2O/c1-11(2)8-17-9-15-10-18-13(5)7-16(15)19-14(6)12(3)4/h7,10-12,14,17H,8-9H2,1-6H3. The normalized spacial score (nSPS) is 13.1. The van der Waals surface area contributed by atoms with Gasteiger partial charge in [0, 0.05) is 30.1 Å². The van der Waals surface area contributed by atoms with Crippen molar-refractivity contribution in [3.05, 3.63) is 23.5 Å². The van der Waals surface area contributed by atoms with Crippen LogP contribution in [-0.2, 0) is 6.54 Å². The number of hydrogen-bond acceptors (Lipinski definition) is 3. The lowest BCUT2D eigenvalue weighted by molar-refractivity contribution is 0.168. The summed E-state index contributed by atoms with van der Waals surface area (Å²) in [5, 5.41) is 3.44. The SMILES string of the molecule is Cc1cc(OC(C)C(C)C)c(CNCC(C)C)cn1. The zero-order valence-electron chi connectivity index (χ0n) is 13.2. The molecule has 0 saturated heterocycles. The molecular formula is C16H28N2O. The number of nitrogens with one attached hydrogen (secondary N) is 1. The van der Waals surface area contributed by atoms with E-state index in [9.17, 15) is 0 Å². The number of rotatable bonds is 7. The minimum atomic E-state index is 0.214. The third kappa shape index (κ3) is 5.60. The molecule has 0 saturated carbocycles. The molecule has 3 nitrogen and oxygen atoms in total. The Bertz CT molecular complexity index is 388. The van der Waals surface area contributed by atoms with Gasteiger partial charge in [-0.25, -0.2) is 0 Å². The van der Waals surface area contributed by atoms with Crippen molar-refractivity contribution in [3.8, 4) is 5.75 Å². The lowest BCUT2D eigenvalue weighted by Gasteiger charge is -2.21. The summed E-state index contributed by atoms with van der Waals surface area (Å²) < 4.78 is 6.07. The van der Waals surface area contributed by atoms with E-state index in [1.165, 1.54) is 0 Å². The van der Waals surface area contributed by atoms with Gasteiger partial charge in [-0.3, -0.25) is 4.98 Å². The van der Waals surface area contributed by atoms with E-state index in [2.05, 4.69) is 44.9 Å². The number of aryl methyl sites for hydroxylation is 1. The fraction of sp³-hybridized carbons (Fsp3) is 0.688. The molecular weight excluding hydrogens is 236 g/mol. The van der Waals surface area contributed by atoms with Gasteiger partial charge in [-0.1, -0.05) is 27.7 Å². The van der Waals surface area contributed by atoms with Gasteiger partial charge >= 0.3 is 0 Å². The van der Waals surface area contributed by atoms with Crippen molar-refractivity contribution in [2.75, 3.05) is 6.54 Å². The van der Waals surface area contributed by atoms with Crippen LogP contribution < -0.4 is 10.1 Å². The van der Waals surface area contributed by atoms with Crippen molar-refractivity contribution in [2.45, 2.75) is 54.2 Å². The summed E-state index contributed by atoms with van der Waals surface area (Å²) in [6, 6.07) is 2.03. The van der Waals surface area contributed by atoms with Crippen LogP contribution in [-0.4, -0.2) is 17.6 Å². The molecule has 1 aromatic rings. The number of ether oxygens (including phenoxy) is 1. The second-order valence-electron chi connectivity index (χ2n) is 6.03. The van der Waals surface area contributed by atoms with Crippen LogP contribution in [0.3, 0.4) is 0 Å². The largest absolute Gasteiger partial charge is 0.490 e. The average molecular weight is 264 g/mol. The lowest BCUT2D eigenvalue weighted by Crippen LogP contribution is -2.22. The molecule has 1 aromatic heterocycles. The molecule has 0 aliphatic carbocycles. The summed E-state index contributed by atoms with van der Waals surface area (Å²) in [6.07, 6.45) is 2.14. The van der Waals surface area contributed by atoms with E-state index in [0.29, 0.717) is 11.8 Å². The van der Waals surface area contributed by atoms with Crippen molar-refractivity contribution in [1.82, 2.24) is 10.3 Å². The Kier molecular flexibility index (Phi) is 6.29. The number of hydrogen-bond donors (Lipinski definition) is 1. The molecule has 3 heteroatoms. The van der Waals surface area contributed by atoms with Gasteiger partial charge in [0.1, 0.15) is 5.75 Å².